The molecule has 4 nitrogen and oxygen atoms in total. The van der Waals surface area contributed by atoms with Crippen molar-refractivity contribution < 1.29 is 4.79 Å². The molecule has 0 aromatic carbocycles. The molecule has 3 N–H and O–H groups in total. The lowest BCUT2D eigenvalue weighted by Gasteiger charge is -2.38. The molecule has 3 unspecified atom stereocenters. The summed E-state index contributed by atoms with van der Waals surface area (Å²) in [5, 5.41) is 7.48. The number of amides is 1. The molecule has 0 spiro atoms. The highest BCUT2D eigenvalue weighted by Crippen LogP contribution is 2.32. The fourth-order valence-electron chi connectivity index (χ4n) is 3.70. The first-order chi connectivity index (χ1) is 11.0. The Morgan fingerprint density at radius 2 is 2.08 bits per heavy atom. The van der Waals surface area contributed by atoms with Gasteiger partial charge in [-0.15, -0.1) is 24.8 Å². The Balaban J connectivity index is 0.00000288. The summed E-state index contributed by atoms with van der Waals surface area (Å²) < 4.78 is 0. The Kier molecular flexibility index (Phi) is 11.2. The minimum absolute atomic E-state index is 0. The molecule has 0 saturated heterocycles. The lowest BCUT2D eigenvalue weighted by molar-refractivity contribution is -0.128. The van der Waals surface area contributed by atoms with Gasteiger partial charge in [-0.2, -0.15) is 11.3 Å². The molecule has 7 heteroatoms. The number of nitrogens with two attached hydrogens (primary N) is 1. The van der Waals surface area contributed by atoms with E-state index >= 15 is 0 Å². The van der Waals surface area contributed by atoms with Crippen LogP contribution in [0, 0.1) is 5.92 Å². The van der Waals surface area contributed by atoms with E-state index in [1.807, 2.05) is 6.92 Å². The summed E-state index contributed by atoms with van der Waals surface area (Å²) in [6.07, 6.45) is 4.09. The van der Waals surface area contributed by atoms with Crippen LogP contribution in [0.25, 0.3) is 0 Å². The lowest BCUT2D eigenvalue weighted by atomic mass is 9.74. The zero-order chi connectivity index (χ0) is 16.9. The maximum Gasteiger partial charge on any atom is 0.225 e. The minimum atomic E-state index is -0.366. The number of likely N-dealkylation sites (N-methyl/N-ethyl adjacent to an activating group) is 1. The van der Waals surface area contributed by atoms with Gasteiger partial charge in [-0.3, -0.25) is 9.69 Å². The summed E-state index contributed by atoms with van der Waals surface area (Å²) in [6.45, 7) is 8.97. The van der Waals surface area contributed by atoms with Gasteiger partial charge in [0, 0.05) is 12.1 Å². The molecule has 1 amide bonds. The van der Waals surface area contributed by atoms with E-state index in [0.717, 1.165) is 38.8 Å². The average Bonchev–Trinajstić information content (AvgIpc) is 3.04. The smallest absolute Gasteiger partial charge is 0.225 e. The van der Waals surface area contributed by atoms with Crippen molar-refractivity contribution in [3.05, 3.63) is 22.4 Å². The monoisotopic (exact) mass is 409 g/mol. The largest absolute Gasteiger partial charge is 0.354 e. The second kappa shape index (κ2) is 11.4. The van der Waals surface area contributed by atoms with Crippen molar-refractivity contribution in [3.63, 3.8) is 0 Å². The van der Waals surface area contributed by atoms with Gasteiger partial charge >= 0.3 is 0 Å². The van der Waals surface area contributed by atoms with Crippen LogP contribution in [0.5, 0.6) is 0 Å². The maximum atomic E-state index is 12.7. The Hall–Kier alpha value is -0.330. The molecule has 1 saturated carbocycles. The normalized spacial score (nSPS) is 24.1. The molecule has 1 aromatic heterocycles. The number of halogens is 2. The molecule has 146 valence electrons. The van der Waals surface area contributed by atoms with Crippen LogP contribution in [0.4, 0.5) is 0 Å². The quantitative estimate of drug-likeness (QED) is 0.715. The predicted molar refractivity (Wildman–Crippen MR) is 112 cm³/mol. The molecule has 3 atom stereocenters. The van der Waals surface area contributed by atoms with Gasteiger partial charge in [-0.05, 0) is 55.2 Å². The molecule has 25 heavy (non-hydrogen) atoms. The van der Waals surface area contributed by atoms with Crippen molar-refractivity contribution in [1.29, 1.82) is 0 Å². The third kappa shape index (κ3) is 6.40. The zero-order valence-electron chi connectivity index (χ0n) is 15.5. The molecule has 0 bridgehead atoms. The van der Waals surface area contributed by atoms with Gasteiger partial charge in [-0.25, -0.2) is 0 Å². The topological polar surface area (TPSA) is 58.4 Å². The molecule has 1 aromatic rings. The lowest BCUT2D eigenvalue weighted by Crippen LogP contribution is -2.53. The van der Waals surface area contributed by atoms with Crippen molar-refractivity contribution in [3.8, 4) is 0 Å². The van der Waals surface area contributed by atoms with Crippen molar-refractivity contribution >= 4 is 42.1 Å². The van der Waals surface area contributed by atoms with Gasteiger partial charge in [0.1, 0.15) is 0 Å². The summed E-state index contributed by atoms with van der Waals surface area (Å²) in [4.78, 5) is 15.1. The Bertz CT molecular complexity index is 493. The van der Waals surface area contributed by atoms with E-state index in [1.165, 1.54) is 5.56 Å². The van der Waals surface area contributed by atoms with Crippen LogP contribution < -0.4 is 11.1 Å². The molecular weight excluding hydrogens is 377 g/mol. The van der Waals surface area contributed by atoms with Gasteiger partial charge < -0.3 is 11.1 Å². The molecule has 0 radical (unpaired) electrons. The minimum Gasteiger partial charge on any atom is -0.354 e. The number of hydrogen-bond acceptors (Lipinski definition) is 4. The molecule has 0 aliphatic heterocycles. The number of carbonyl (C=O) groups excluding carboxylic acids is 1. The highest BCUT2D eigenvalue weighted by Gasteiger charge is 2.37. The van der Waals surface area contributed by atoms with Crippen molar-refractivity contribution in [2.45, 2.75) is 58.0 Å². The fraction of sp³-hybridized carbons (Fsp3) is 0.722. The van der Waals surface area contributed by atoms with E-state index in [2.05, 4.69) is 40.9 Å². The number of rotatable bonds is 7. The van der Waals surface area contributed by atoms with Crippen LogP contribution >= 0.6 is 36.2 Å². The molecule has 1 aliphatic carbocycles. The van der Waals surface area contributed by atoms with Gasteiger partial charge in [0.25, 0.3) is 0 Å². The van der Waals surface area contributed by atoms with Gasteiger partial charge in [0.2, 0.25) is 5.91 Å². The van der Waals surface area contributed by atoms with Crippen LogP contribution in [-0.4, -0.2) is 36.0 Å². The summed E-state index contributed by atoms with van der Waals surface area (Å²) in [5.41, 5.74) is 7.29. The first kappa shape index (κ1) is 24.7. The SMILES string of the molecule is CCN(CC)C(CNC(=O)C1CCCCC1(C)N)c1ccsc1.Cl.Cl. The maximum absolute atomic E-state index is 12.7. The number of nitrogens with zero attached hydrogens (tertiary/aromatic N) is 1. The number of nitrogens with one attached hydrogen (secondary N) is 1. The highest BCUT2D eigenvalue weighted by molar-refractivity contribution is 7.07. The second-order valence-corrected chi connectivity index (χ2v) is 7.62. The van der Waals surface area contributed by atoms with Gasteiger partial charge in [0.15, 0.2) is 0 Å². The molecule has 1 heterocycles. The number of hydrogen-bond donors (Lipinski definition) is 2. The predicted octanol–water partition coefficient (Wildman–Crippen LogP) is 4.00. The van der Waals surface area contributed by atoms with Crippen LogP contribution in [0.1, 0.15) is 58.1 Å². The Morgan fingerprint density at radius 3 is 2.60 bits per heavy atom. The first-order valence-corrected chi connectivity index (χ1v) is 9.76. The van der Waals surface area contributed by atoms with Gasteiger partial charge in [0.05, 0.1) is 12.0 Å². The van der Waals surface area contributed by atoms with Crippen molar-refractivity contribution in [2.24, 2.45) is 11.7 Å². The van der Waals surface area contributed by atoms with E-state index in [-0.39, 0.29) is 48.2 Å². The van der Waals surface area contributed by atoms with Crippen LogP contribution in [0.2, 0.25) is 0 Å². The molecule has 2 rings (SSSR count). The van der Waals surface area contributed by atoms with E-state index in [4.69, 9.17) is 5.73 Å². The summed E-state index contributed by atoms with van der Waals surface area (Å²) >= 11 is 1.71. The third-order valence-corrected chi connectivity index (χ3v) is 5.92. The third-order valence-electron chi connectivity index (χ3n) is 5.22. The van der Waals surface area contributed by atoms with Crippen molar-refractivity contribution in [1.82, 2.24) is 10.2 Å². The molecule has 1 fully saturated rings. The van der Waals surface area contributed by atoms with E-state index in [0.29, 0.717) is 6.54 Å². The average molecular weight is 410 g/mol. The van der Waals surface area contributed by atoms with E-state index < -0.39 is 0 Å². The van der Waals surface area contributed by atoms with Crippen LogP contribution in [0.3, 0.4) is 0 Å². The molecule has 1 aliphatic rings. The molecular formula is C18H33Cl2N3OS. The van der Waals surface area contributed by atoms with E-state index in [9.17, 15) is 4.79 Å². The fourth-order valence-corrected chi connectivity index (χ4v) is 4.40. The number of carbonyl (C=O) groups is 1. The zero-order valence-corrected chi connectivity index (χ0v) is 17.9. The summed E-state index contributed by atoms with van der Waals surface area (Å²) in [7, 11) is 0. The second-order valence-electron chi connectivity index (χ2n) is 6.84. The Morgan fingerprint density at radius 1 is 1.40 bits per heavy atom. The highest BCUT2D eigenvalue weighted by atomic mass is 35.5. The van der Waals surface area contributed by atoms with E-state index in [1.54, 1.807) is 11.3 Å². The summed E-state index contributed by atoms with van der Waals surface area (Å²) in [5.74, 6) is 0.0677. The van der Waals surface area contributed by atoms with Gasteiger partial charge in [-0.1, -0.05) is 26.7 Å². The summed E-state index contributed by atoms with van der Waals surface area (Å²) in [6, 6.07) is 2.40. The first-order valence-electron chi connectivity index (χ1n) is 8.82. The number of thiophene rings is 1. The standard InChI is InChI=1S/C18H31N3OS.2ClH/c1-4-21(5-2)16(14-9-11-23-13-14)12-20-17(22)15-8-6-7-10-18(15,3)19;;/h9,11,13,15-16H,4-8,10,12,19H2,1-3H3,(H,20,22);2*1H. The van der Waals surface area contributed by atoms with Crippen LogP contribution in [-0.2, 0) is 4.79 Å². The van der Waals surface area contributed by atoms with Crippen LogP contribution in [0.15, 0.2) is 16.8 Å². The Labute approximate surface area is 168 Å². The van der Waals surface area contributed by atoms with Crippen molar-refractivity contribution in [2.75, 3.05) is 19.6 Å².